The Hall–Kier alpha value is -2.19. The van der Waals surface area contributed by atoms with Crippen LogP contribution in [0.15, 0.2) is 48.7 Å². The molecule has 2 nitrogen and oxygen atoms in total. The van der Waals surface area contributed by atoms with Gasteiger partial charge in [0.25, 0.3) is 0 Å². The second kappa shape index (κ2) is 5.30. The standard InChI is InChI=1S/C19H19NO/c1-12-10-14(3)17(11-13(12)2)19(21)16-8-4-6-15-7-5-9-20-18(15)16/h4-11,19,21H,1-3H3. The van der Waals surface area contributed by atoms with Crippen molar-refractivity contribution in [3.05, 3.63) is 76.5 Å². The molecule has 21 heavy (non-hydrogen) atoms. The third-order valence-electron chi connectivity index (χ3n) is 4.14. The lowest BCUT2D eigenvalue weighted by Crippen LogP contribution is -2.04. The zero-order valence-corrected chi connectivity index (χ0v) is 12.6. The largest absolute Gasteiger partial charge is 0.384 e. The Bertz CT molecular complexity index is 803. The van der Waals surface area contributed by atoms with Gasteiger partial charge in [-0.25, -0.2) is 0 Å². The summed E-state index contributed by atoms with van der Waals surface area (Å²) in [4.78, 5) is 4.44. The van der Waals surface area contributed by atoms with E-state index in [1.165, 1.54) is 11.1 Å². The van der Waals surface area contributed by atoms with Gasteiger partial charge in [-0.2, -0.15) is 0 Å². The molecule has 0 bridgehead atoms. The van der Waals surface area contributed by atoms with Crippen molar-refractivity contribution in [1.29, 1.82) is 0 Å². The van der Waals surface area contributed by atoms with E-state index < -0.39 is 6.10 Å². The molecule has 3 aromatic rings. The fourth-order valence-corrected chi connectivity index (χ4v) is 2.79. The van der Waals surface area contributed by atoms with Crippen molar-refractivity contribution in [3.8, 4) is 0 Å². The Balaban J connectivity index is 2.17. The molecule has 0 saturated carbocycles. The van der Waals surface area contributed by atoms with Crippen molar-refractivity contribution in [3.63, 3.8) is 0 Å². The summed E-state index contributed by atoms with van der Waals surface area (Å²) in [5, 5.41) is 11.9. The summed E-state index contributed by atoms with van der Waals surface area (Å²) >= 11 is 0. The molecule has 3 rings (SSSR count). The molecule has 0 aliphatic rings. The molecule has 1 unspecified atom stereocenters. The molecule has 106 valence electrons. The highest BCUT2D eigenvalue weighted by atomic mass is 16.3. The van der Waals surface area contributed by atoms with E-state index in [-0.39, 0.29) is 0 Å². The quantitative estimate of drug-likeness (QED) is 0.760. The van der Waals surface area contributed by atoms with Gasteiger partial charge in [0.1, 0.15) is 6.10 Å². The molecule has 1 atom stereocenters. The molecule has 0 radical (unpaired) electrons. The van der Waals surface area contributed by atoms with Gasteiger partial charge in [0.05, 0.1) is 5.52 Å². The predicted molar refractivity (Wildman–Crippen MR) is 86.5 cm³/mol. The molecule has 1 heterocycles. The highest BCUT2D eigenvalue weighted by Crippen LogP contribution is 2.30. The van der Waals surface area contributed by atoms with Crippen LogP contribution in [-0.4, -0.2) is 10.1 Å². The Labute approximate surface area is 125 Å². The minimum atomic E-state index is -0.650. The van der Waals surface area contributed by atoms with Gasteiger partial charge in [0.2, 0.25) is 0 Å². The van der Waals surface area contributed by atoms with E-state index in [2.05, 4.69) is 31.0 Å². The fraction of sp³-hybridized carbons (Fsp3) is 0.211. The van der Waals surface area contributed by atoms with Crippen LogP contribution in [0.1, 0.15) is 33.9 Å². The highest BCUT2D eigenvalue weighted by Gasteiger charge is 2.17. The number of nitrogens with zero attached hydrogens (tertiary/aromatic N) is 1. The van der Waals surface area contributed by atoms with Crippen molar-refractivity contribution in [2.75, 3.05) is 0 Å². The van der Waals surface area contributed by atoms with Crippen LogP contribution in [0.25, 0.3) is 10.9 Å². The molecule has 0 aliphatic heterocycles. The molecule has 0 saturated heterocycles. The first-order valence-corrected chi connectivity index (χ1v) is 7.17. The van der Waals surface area contributed by atoms with E-state index >= 15 is 0 Å². The van der Waals surface area contributed by atoms with Gasteiger partial charge in [-0.1, -0.05) is 36.4 Å². The number of aliphatic hydroxyl groups excluding tert-OH is 1. The van der Waals surface area contributed by atoms with Crippen LogP contribution in [0.3, 0.4) is 0 Å². The Morgan fingerprint density at radius 1 is 0.857 bits per heavy atom. The molecule has 2 aromatic carbocycles. The van der Waals surface area contributed by atoms with Gasteiger partial charge in [0, 0.05) is 17.1 Å². The summed E-state index contributed by atoms with van der Waals surface area (Å²) in [7, 11) is 0. The van der Waals surface area contributed by atoms with Crippen molar-refractivity contribution in [2.24, 2.45) is 0 Å². The maximum Gasteiger partial charge on any atom is 0.106 e. The van der Waals surface area contributed by atoms with Crippen LogP contribution in [-0.2, 0) is 0 Å². The minimum absolute atomic E-state index is 0.650. The van der Waals surface area contributed by atoms with Crippen LogP contribution in [0.5, 0.6) is 0 Å². The second-order valence-electron chi connectivity index (χ2n) is 5.62. The Kier molecular flexibility index (Phi) is 3.48. The van der Waals surface area contributed by atoms with E-state index in [0.29, 0.717) is 0 Å². The number of benzene rings is 2. The molecule has 2 heteroatoms. The summed E-state index contributed by atoms with van der Waals surface area (Å²) in [6.45, 7) is 6.22. The Morgan fingerprint density at radius 3 is 2.38 bits per heavy atom. The van der Waals surface area contributed by atoms with Gasteiger partial charge >= 0.3 is 0 Å². The SMILES string of the molecule is Cc1cc(C)c(C(O)c2cccc3cccnc23)cc1C. The molecule has 0 spiro atoms. The lowest BCUT2D eigenvalue weighted by atomic mass is 9.92. The summed E-state index contributed by atoms with van der Waals surface area (Å²) in [5.74, 6) is 0. The average Bonchev–Trinajstić information content (AvgIpc) is 2.49. The number of aryl methyl sites for hydroxylation is 3. The summed E-state index contributed by atoms with van der Waals surface area (Å²) in [6.07, 6.45) is 1.12. The predicted octanol–water partition coefficient (Wildman–Crippen LogP) is 4.24. The first-order valence-electron chi connectivity index (χ1n) is 7.17. The number of hydrogen-bond acceptors (Lipinski definition) is 2. The molecule has 1 N–H and O–H groups in total. The molecular formula is C19H19NO. The van der Waals surface area contributed by atoms with Crippen LogP contribution in [0.4, 0.5) is 0 Å². The molecular weight excluding hydrogens is 258 g/mol. The van der Waals surface area contributed by atoms with E-state index in [1.807, 2.05) is 37.3 Å². The van der Waals surface area contributed by atoms with Crippen molar-refractivity contribution >= 4 is 10.9 Å². The van der Waals surface area contributed by atoms with E-state index in [1.54, 1.807) is 6.20 Å². The number of para-hydroxylation sites is 1. The van der Waals surface area contributed by atoms with Crippen molar-refractivity contribution in [1.82, 2.24) is 4.98 Å². The number of pyridine rings is 1. The zero-order chi connectivity index (χ0) is 15.0. The minimum Gasteiger partial charge on any atom is -0.384 e. The molecule has 0 amide bonds. The van der Waals surface area contributed by atoms with Gasteiger partial charge < -0.3 is 5.11 Å². The average molecular weight is 277 g/mol. The number of aliphatic hydroxyl groups is 1. The monoisotopic (exact) mass is 277 g/mol. The van der Waals surface area contributed by atoms with E-state index in [9.17, 15) is 5.11 Å². The summed E-state index contributed by atoms with van der Waals surface area (Å²) in [6, 6.07) is 14.1. The maximum atomic E-state index is 10.8. The number of rotatable bonds is 2. The van der Waals surface area contributed by atoms with Crippen LogP contribution in [0, 0.1) is 20.8 Å². The summed E-state index contributed by atoms with van der Waals surface area (Å²) in [5.41, 5.74) is 6.24. The lowest BCUT2D eigenvalue weighted by Gasteiger charge is -2.17. The van der Waals surface area contributed by atoms with Gasteiger partial charge in [0.15, 0.2) is 0 Å². The smallest absolute Gasteiger partial charge is 0.106 e. The first-order chi connectivity index (χ1) is 10.1. The number of fused-ring (bicyclic) bond motifs is 1. The van der Waals surface area contributed by atoms with Gasteiger partial charge in [-0.05, 0) is 49.1 Å². The topological polar surface area (TPSA) is 33.1 Å². The number of aromatic nitrogens is 1. The van der Waals surface area contributed by atoms with Crippen LogP contribution >= 0.6 is 0 Å². The lowest BCUT2D eigenvalue weighted by molar-refractivity contribution is 0.221. The fourth-order valence-electron chi connectivity index (χ4n) is 2.79. The molecule has 0 fully saturated rings. The second-order valence-corrected chi connectivity index (χ2v) is 5.62. The zero-order valence-electron chi connectivity index (χ0n) is 12.6. The van der Waals surface area contributed by atoms with Crippen molar-refractivity contribution in [2.45, 2.75) is 26.9 Å². The number of hydrogen-bond donors (Lipinski definition) is 1. The van der Waals surface area contributed by atoms with Gasteiger partial charge in [-0.15, -0.1) is 0 Å². The third kappa shape index (κ3) is 2.43. The van der Waals surface area contributed by atoms with E-state index in [0.717, 1.165) is 27.6 Å². The Morgan fingerprint density at radius 2 is 1.57 bits per heavy atom. The molecule has 1 aromatic heterocycles. The van der Waals surface area contributed by atoms with Crippen molar-refractivity contribution < 1.29 is 5.11 Å². The molecule has 0 aliphatic carbocycles. The normalized spacial score (nSPS) is 12.6. The van der Waals surface area contributed by atoms with E-state index in [4.69, 9.17) is 0 Å². The maximum absolute atomic E-state index is 10.8. The van der Waals surface area contributed by atoms with Gasteiger partial charge in [-0.3, -0.25) is 4.98 Å². The third-order valence-corrected chi connectivity index (χ3v) is 4.14. The highest BCUT2D eigenvalue weighted by molar-refractivity contribution is 5.82. The van der Waals surface area contributed by atoms with Crippen LogP contribution in [0.2, 0.25) is 0 Å². The summed E-state index contributed by atoms with van der Waals surface area (Å²) < 4.78 is 0. The van der Waals surface area contributed by atoms with Crippen LogP contribution < -0.4 is 0 Å². The first kappa shape index (κ1) is 13.8.